The molecule has 4 saturated carbocycles. The first kappa shape index (κ1) is 17.3. The lowest BCUT2D eigenvalue weighted by Gasteiger charge is -2.56. The van der Waals surface area contributed by atoms with Gasteiger partial charge in [-0.05, 0) is 85.8 Å². The third-order valence-corrected chi connectivity index (χ3v) is 7.55. The summed E-state index contributed by atoms with van der Waals surface area (Å²) in [4.78, 5) is 26.3. The number of rotatable bonds is 5. The number of nitrogens with one attached hydrogen (secondary N) is 1. The summed E-state index contributed by atoms with van der Waals surface area (Å²) in [5, 5.41) is 3.25. The third kappa shape index (κ3) is 3.39. The number of amides is 2. The third-order valence-electron chi connectivity index (χ3n) is 7.55. The van der Waals surface area contributed by atoms with E-state index in [0.29, 0.717) is 18.4 Å². The molecule has 0 unspecified atom stereocenters. The predicted octanol–water partition coefficient (Wildman–Crippen LogP) is 3.76. The van der Waals surface area contributed by atoms with Crippen LogP contribution in [0.15, 0.2) is 24.3 Å². The Kier molecular flexibility index (Phi) is 4.25. The van der Waals surface area contributed by atoms with Crippen molar-refractivity contribution in [2.45, 2.75) is 57.9 Å². The van der Waals surface area contributed by atoms with Gasteiger partial charge in [0.1, 0.15) is 0 Å². The van der Waals surface area contributed by atoms with Gasteiger partial charge in [0.15, 0.2) is 0 Å². The molecule has 0 aromatic heterocycles. The van der Waals surface area contributed by atoms with Crippen molar-refractivity contribution in [1.82, 2.24) is 10.2 Å². The van der Waals surface area contributed by atoms with E-state index < -0.39 is 0 Å². The van der Waals surface area contributed by atoms with Crippen LogP contribution in [0.3, 0.4) is 0 Å². The Bertz CT molecular complexity index is 704. The van der Waals surface area contributed by atoms with Crippen LogP contribution < -0.4 is 5.32 Å². The maximum Gasteiger partial charge on any atom is 0.251 e. The molecular weight excluding hydrogens is 336 g/mol. The zero-order valence-corrected chi connectivity index (χ0v) is 16.1. The van der Waals surface area contributed by atoms with Crippen molar-refractivity contribution < 1.29 is 9.59 Å². The molecule has 144 valence electrons. The van der Waals surface area contributed by atoms with Crippen LogP contribution in [-0.2, 0) is 11.3 Å². The molecule has 1 aromatic rings. The standard InChI is InChI=1S/C23H30N2O2/c26-21-2-1-7-25(21)14-16-3-5-20(6-4-16)22(27)24-15-23-11-17-8-18(12-23)10-19(9-17)13-23/h3-6,17-19H,1-2,7-15H2,(H,24,27). The zero-order chi connectivity index (χ0) is 18.4. The van der Waals surface area contributed by atoms with Crippen LogP contribution in [0.4, 0.5) is 0 Å². The lowest BCUT2D eigenvalue weighted by atomic mass is 9.49. The van der Waals surface area contributed by atoms with Gasteiger partial charge in [-0.15, -0.1) is 0 Å². The van der Waals surface area contributed by atoms with Crippen LogP contribution in [0.2, 0.25) is 0 Å². The average Bonchev–Trinajstić information content (AvgIpc) is 3.04. The van der Waals surface area contributed by atoms with E-state index in [9.17, 15) is 9.59 Å². The van der Waals surface area contributed by atoms with Crippen molar-refractivity contribution in [3.05, 3.63) is 35.4 Å². The van der Waals surface area contributed by atoms with E-state index >= 15 is 0 Å². The molecule has 0 radical (unpaired) electrons. The largest absolute Gasteiger partial charge is 0.351 e. The number of hydrogen-bond donors (Lipinski definition) is 1. The smallest absolute Gasteiger partial charge is 0.251 e. The maximum absolute atomic E-state index is 12.7. The summed E-state index contributed by atoms with van der Waals surface area (Å²) in [5.41, 5.74) is 2.21. The SMILES string of the molecule is O=C(NCC12CC3CC(CC(C3)C1)C2)c1ccc(CN2CCCC2=O)cc1. The second-order valence-corrected chi connectivity index (χ2v) is 9.72. The highest BCUT2D eigenvalue weighted by Crippen LogP contribution is 2.59. The second-order valence-electron chi connectivity index (χ2n) is 9.72. The van der Waals surface area contributed by atoms with Gasteiger partial charge in [0.2, 0.25) is 5.91 Å². The first-order valence-electron chi connectivity index (χ1n) is 10.7. The minimum absolute atomic E-state index is 0.0505. The number of carbonyl (C=O) groups excluding carboxylic acids is 2. The van der Waals surface area contributed by atoms with E-state index in [4.69, 9.17) is 0 Å². The van der Waals surface area contributed by atoms with Crippen molar-refractivity contribution in [3.8, 4) is 0 Å². The molecule has 2 amide bonds. The second kappa shape index (κ2) is 6.65. The van der Waals surface area contributed by atoms with Crippen molar-refractivity contribution in [1.29, 1.82) is 0 Å². The van der Waals surface area contributed by atoms with Gasteiger partial charge in [-0.2, -0.15) is 0 Å². The summed E-state index contributed by atoms with van der Waals surface area (Å²) in [7, 11) is 0. The lowest BCUT2D eigenvalue weighted by molar-refractivity contribution is -0.128. The van der Waals surface area contributed by atoms with E-state index in [2.05, 4.69) is 5.32 Å². The highest BCUT2D eigenvalue weighted by atomic mass is 16.2. The quantitative estimate of drug-likeness (QED) is 0.863. The molecule has 0 spiro atoms. The van der Waals surface area contributed by atoms with Crippen LogP contribution in [0.5, 0.6) is 0 Å². The molecule has 4 heteroatoms. The van der Waals surface area contributed by atoms with Gasteiger partial charge in [-0.1, -0.05) is 12.1 Å². The normalized spacial score (nSPS) is 34.3. The van der Waals surface area contributed by atoms with Gasteiger partial charge in [-0.3, -0.25) is 9.59 Å². The maximum atomic E-state index is 12.7. The Labute approximate surface area is 161 Å². The van der Waals surface area contributed by atoms with Crippen LogP contribution in [0, 0.1) is 23.2 Å². The first-order valence-corrected chi connectivity index (χ1v) is 10.7. The molecule has 27 heavy (non-hydrogen) atoms. The summed E-state index contributed by atoms with van der Waals surface area (Å²) < 4.78 is 0. The van der Waals surface area contributed by atoms with E-state index in [0.717, 1.165) is 48.4 Å². The Morgan fingerprint density at radius 1 is 1.04 bits per heavy atom. The zero-order valence-electron chi connectivity index (χ0n) is 16.1. The van der Waals surface area contributed by atoms with Crippen LogP contribution in [-0.4, -0.2) is 29.8 Å². The summed E-state index contributed by atoms with van der Waals surface area (Å²) in [6, 6.07) is 7.80. The number of likely N-dealkylation sites (tertiary alicyclic amines) is 1. The van der Waals surface area contributed by atoms with Crippen LogP contribution in [0.1, 0.15) is 67.3 Å². The molecule has 4 nitrogen and oxygen atoms in total. The Morgan fingerprint density at radius 2 is 1.67 bits per heavy atom. The van der Waals surface area contributed by atoms with Gasteiger partial charge >= 0.3 is 0 Å². The molecule has 1 heterocycles. The Morgan fingerprint density at radius 3 is 2.22 bits per heavy atom. The highest BCUT2D eigenvalue weighted by molar-refractivity contribution is 5.94. The molecule has 0 atom stereocenters. The van der Waals surface area contributed by atoms with Crippen LogP contribution in [0.25, 0.3) is 0 Å². The van der Waals surface area contributed by atoms with E-state index in [1.807, 2.05) is 29.2 Å². The predicted molar refractivity (Wildman–Crippen MR) is 104 cm³/mol. The fourth-order valence-electron chi connectivity index (χ4n) is 6.73. The molecule has 1 aromatic carbocycles. The molecule has 1 N–H and O–H groups in total. The van der Waals surface area contributed by atoms with Gasteiger partial charge < -0.3 is 10.2 Å². The number of nitrogens with zero attached hydrogens (tertiary/aromatic N) is 1. The molecule has 1 saturated heterocycles. The summed E-state index contributed by atoms with van der Waals surface area (Å²) in [6.45, 7) is 2.36. The number of hydrogen-bond acceptors (Lipinski definition) is 2. The molecular formula is C23H30N2O2. The molecule has 4 bridgehead atoms. The minimum Gasteiger partial charge on any atom is -0.351 e. The van der Waals surface area contributed by atoms with Crippen LogP contribution >= 0.6 is 0 Å². The summed E-state index contributed by atoms with van der Waals surface area (Å²) in [6.07, 6.45) is 9.91. The van der Waals surface area contributed by atoms with E-state index in [-0.39, 0.29) is 11.8 Å². The number of carbonyl (C=O) groups is 2. The van der Waals surface area contributed by atoms with Gasteiger partial charge in [0.25, 0.3) is 5.91 Å². The van der Waals surface area contributed by atoms with Gasteiger partial charge in [0.05, 0.1) is 0 Å². The highest BCUT2D eigenvalue weighted by Gasteiger charge is 2.50. The molecule has 4 aliphatic carbocycles. The Hall–Kier alpha value is -1.84. The fraction of sp³-hybridized carbons (Fsp3) is 0.652. The molecule has 5 aliphatic rings. The van der Waals surface area contributed by atoms with Crippen molar-refractivity contribution in [2.75, 3.05) is 13.1 Å². The van der Waals surface area contributed by atoms with E-state index in [1.165, 1.54) is 38.5 Å². The summed E-state index contributed by atoms with van der Waals surface area (Å²) in [5.74, 6) is 3.05. The Balaban J connectivity index is 1.18. The minimum atomic E-state index is 0.0505. The monoisotopic (exact) mass is 366 g/mol. The first-order chi connectivity index (χ1) is 13.1. The summed E-state index contributed by atoms with van der Waals surface area (Å²) >= 11 is 0. The lowest BCUT2D eigenvalue weighted by Crippen LogP contribution is -2.51. The number of benzene rings is 1. The van der Waals surface area contributed by atoms with Gasteiger partial charge in [0, 0.05) is 31.6 Å². The molecule has 5 fully saturated rings. The van der Waals surface area contributed by atoms with Crippen molar-refractivity contribution in [3.63, 3.8) is 0 Å². The van der Waals surface area contributed by atoms with Crippen molar-refractivity contribution in [2.24, 2.45) is 23.2 Å². The van der Waals surface area contributed by atoms with Crippen molar-refractivity contribution >= 4 is 11.8 Å². The fourth-order valence-corrected chi connectivity index (χ4v) is 6.73. The van der Waals surface area contributed by atoms with Gasteiger partial charge in [-0.25, -0.2) is 0 Å². The average molecular weight is 367 g/mol. The topological polar surface area (TPSA) is 49.4 Å². The van der Waals surface area contributed by atoms with E-state index in [1.54, 1.807) is 0 Å². The molecule has 6 rings (SSSR count). The molecule has 1 aliphatic heterocycles.